The van der Waals surface area contributed by atoms with Crippen LogP contribution in [0.2, 0.25) is 0 Å². The maximum Gasteiger partial charge on any atom is 0.314 e. The molecule has 166 valence electrons. The van der Waals surface area contributed by atoms with Crippen LogP contribution in [-0.2, 0) is 37.5 Å². The summed E-state index contributed by atoms with van der Waals surface area (Å²) in [6.07, 6.45) is 0. The van der Waals surface area contributed by atoms with Crippen LogP contribution < -0.4 is 15.4 Å². The smallest absolute Gasteiger partial charge is 0.314 e. The Morgan fingerprint density at radius 2 is 1.84 bits per heavy atom. The van der Waals surface area contributed by atoms with E-state index >= 15 is 0 Å². The quantitative estimate of drug-likeness (QED) is 0.568. The van der Waals surface area contributed by atoms with Crippen molar-refractivity contribution in [2.75, 3.05) is 12.4 Å². The number of aromatic nitrogens is 2. The van der Waals surface area contributed by atoms with Crippen LogP contribution in [0.25, 0.3) is 5.69 Å². The minimum atomic E-state index is -3.34. The number of hydrogen-bond donors (Lipinski definition) is 2. The van der Waals surface area contributed by atoms with E-state index < -0.39 is 21.7 Å². The molecular formula is C22H22N4O5S. The van der Waals surface area contributed by atoms with E-state index in [1.165, 1.54) is 4.68 Å². The SMILES string of the molecule is COc1ccc(CNC(=O)C(=O)Nc2c3c(nn2-c2cccc(C)c2)CS(=O)(=O)C3)cc1. The zero-order chi connectivity index (χ0) is 22.9. The third-order valence-electron chi connectivity index (χ3n) is 5.08. The molecule has 2 aromatic carbocycles. The molecule has 2 heterocycles. The highest BCUT2D eigenvalue weighted by molar-refractivity contribution is 7.90. The van der Waals surface area contributed by atoms with Gasteiger partial charge in [0, 0.05) is 12.1 Å². The zero-order valence-corrected chi connectivity index (χ0v) is 18.4. The molecule has 1 aromatic heterocycles. The lowest BCUT2D eigenvalue weighted by Crippen LogP contribution is -2.35. The minimum Gasteiger partial charge on any atom is -0.497 e. The van der Waals surface area contributed by atoms with Crippen molar-refractivity contribution in [2.24, 2.45) is 0 Å². The second kappa shape index (κ2) is 8.46. The number of methoxy groups -OCH3 is 1. The number of hydrogen-bond acceptors (Lipinski definition) is 6. The van der Waals surface area contributed by atoms with Gasteiger partial charge in [0.25, 0.3) is 0 Å². The lowest BCUT2D eigenvalue weighted by Gasteiger charge is -2.12. The maximum absolute atomic E-state index is 12.6. The van der Waals surface area contributed by atoms with Crippen molar-refractivity contribution in [3.8, 4) is 11.4 Å². The molecule has 0 aliphatic carbocycles. The van der Waals surface area contributed by atoms with E-state index in [2.05, 4.69) is 15.7 Å². The monoisotopic (exact) mass is 454 g/mol. The predicted molar refractivity (Wildman–Crippen MR) is 118 cm³/mol. The number of amides is 2. The molecule has 0 unspecified atom stereocenters. The highest BCUT2D eigenvalue weighted by Crippen LogP contribution is 2.33. The second-order valence-corrected chi connectivity index (χ2v) is 9.61. The summed E-state index contributed by atoms with van der Waals surface area (Å²) in [4.78, 5) is 25.0. The Morgan fingerprint density at radius 1 is 1.09 bits per heavy atom. The molecule has 9 nitrogen and oxygen atoms in total. The van der Waals surface area contributed by atoms with E-state index in [0.717, 1.165) is 11.1 Å². The number of ether oxygens (including phenoxy) is 1. The van der Waals surface area contributed by atoms with Crippen molar-refractivity contribution in [1.29, 1.82) is 0 Å². The van der Waals surface area contributed by atoms with E-state index in [-0.39, 0.29) is 23.9 Å². The molecule has 0 fully saturated rings. The Kier molecular flexibility index (Phi) is 5.70. The van der Waals surface area contributed by atoms with Gasteiger partial charge in [0.15, 0.2) is 9.84 Å². The summed E-state index contributed by atoms with van der Waals surface area (Å²) in [6, 6.07) is 14.5. The normalized spacial score (nSPS) is 13.9. The number of fused-ring (bicyclic) bond motifs is 1. The maximum atomic E-state index is 12.6. The first-order valence-electron chi connectivity index (χ1n) is 9.86. The van der Waals surface area contributed by atoms with Crippen molar-refractivity contribution < 1.29 is 22.7 Å². The summed E-state index contributed by atoms with van der Waals surface area (Å²) in [5, 5.41) is 9.53. The number of aryl methyl sites for hydroxylation is 1. The molecule has 32 heavy (non-hydrogen) atoms. The van der Waals surface area contributed by atoms with Crippen molar-refractivity contribution in [2.45, 2.75) is 25.0 Å². The lowest BCUT2D eigenvalue weighted by atomic mass is 10.2. The number of carbonyl (C=O) groups is 2. The molecule has 1 aliphatic heterocycles. The molecule has 0 radical (unpaired) electrons. The number of nitrogens with one attached hydrogen (secondary N) is 2. The van der Waals surface area contributed by atoms with Gasteiger partial charge in [-0.2, -0.15) is 5.10 Å². The average Bonchev–Trinajstić information content (AvgIpc) is 3.24. The topological polar surface area (TPSA) is 119 Å². The van der Waals surface area contributed by atoms with E-state index in [1.807, 2.05) is 25.1 Å². The summed E-state index contributed by atoms with van der Waals surface area (Å²) in [7, 11) is -1.78. The van der Waals surface area contributed by atoms with Crippen LogP contribution in [-0.4, -0.2) is 37.1 Å². The Hall–Kier alpha value is -3.66. The zero-order valence-electron chi connectivity index (χ0n) is 17.6. The fraction of sp³-hybridized carbons (Fsp3) is 0.227. The van der Waals surface area contributed by atoms with Crippen LogP contribution in [0.3, 0.4) is 0 Å². The highest BCUT2D eigenvalue weighted by Gasteiger charge is 2.33. The van der Waals surface area contributed by atoms with Gasteiger partial charge in [0.2, 0.25) is 0 Å². The Bertz CT molecular complexity index is 1300. The molecular weight excluding hydrogens is 432 g/mol. The van der Waals surface area contributed by atoms with Crippen LogP contribution in [0, 0.1) is 6.92 Å². The summed E-state index contributed by atoms with van der Waals surface area (Å²) < 4.78 is 30.7. The molecule has 0 atom stereocenters. The highest BCUT2D eigenvalue weighted by atomic mass is 32.2. The summed E-state index contributed by atoms with van der Waals surface area (Å²) >= 11 is 0. The third kappa shape index (κ3) is 4.50. The van der Waals surface area contributed by atoms with Crippen molar-refractivity contribution in [3.05, 3.63) is 70.9 Å². The van der Waals surface area contributed by atoms with Gasteiger partial charge in [0.1, 0.15) is 11.6 Å². The van der Waals surface area contributed by atoms with Crippen molar-refractivity contribution >= 4 is 27.5 Å². The Labute approximate surface area is 185 Å². The number of anilines is 1. The molecule has 0 bridgehead atoms. The molecule has 10 heteroatoms. The molecule has 4 rings (SSSR count). The number of sulfone groups is 1. The van der Waals surface area contributed by atoms with Crippen molar-refractivity contribution in [3.63, 3.8) is 0 Å². The van der Waals surface area contributed by atoms with Gasteiger partial charge in [-0.25, -0.2) is 13.1 Å². The van der Waals surface area contributed by atoms with Crippen LogP contribution in [0.5, 0.6) is 5.75 Å². The third-order valence-corrected chi connectivity index (χ3v) is 6.53. The number of rotatable bonds is 5. The largest absolute Gasteiger partial charge is 0.497 e. The molecule has 2 amide bonds. The van der Waals surface area contributed by atoms with Gasteiger partial charge in [-0.15, -0.1) is 0 Å². The van der Waals surface area contributed by atoms with Crippen molar-refractivity contribution in [1.82, 2.24) is 15.1 Å². The number of carbonyl (C=O) groups excluding carboxylic acids is 2. The molecule has 2 N–H and O–H groups in total. The van der Waals surface area contributed by atoms with Gasteiger partial charge in [-0.05, 0) is 42.3 Å². The molecule has 3 aromatic rings. The van der Waals surface area contributed by atoms with Crippen LogP contribution in [0.4, 0.5) is 5.82 Å². The average molecular weight is 455 g/mol. The standard InChI is InChI=1S/C22H22N4O5S/c1-14-4-3-5-16(10-14)26-20(18-12-32(29,30)13-19(18)25-26)24-22(28)21(27)23-11-15-6-8-17(31-2)9-7-15/h3-10H,11-13H2,1-2H3,(H,23,27)(H,24,28). The van der Waals surface area contributed by atoms with E-state index in [9.17, 15) is 18.0 Å². The van der Waals surface area contributed by atoms with E-state index in [4.69, 9.17) is 4.74 Å². The van der Waals surface area contributed by atoms with Gasteiger partial charge in [0.05, 0.1) is 30.0 Å². The summed E-state index contributed by atoms with van der Waals surface area (Å²) in [5.74, 6) is -1.31. The van der Waals surface area contributed by atoms with E-state index in [0.29, 0.717) is 22.7 Å². The lowest BCUT2D eigenvalue weighted by molar-refractivity contribution is -0.136. The van der Waals surface area contributed by atoms with Crippen LogP contribution in [0.1, 0.15) is 22.4 Å². The molecule has 0 spiro atoms. The fourth-order valence-corrected chi connectivity index (χ4v) is 4.98. The van der Waals surface area contributed by atoms with Crippen LogP contribution in [0.15, 0.2) is 48.5 Å². The fourth-order valence-electron chi connectivity index (χ4n) is 3.49. The van der Waals surface area contributed by atoms with Gasteiger partial charge in [-0.1, -0.05) is 24.3 Å². The molecule has 1 aliphatic rings. The van der Waals surface area contributed by atoms with E-state index in [1.54, 1.807) is 37.4 Å². The first-order valence-corrected chi connectivity index (χ1v) is 11.7. The summed E-state index contributed by atoms with van der Waals surface area (Å²) in [5.41, 5.74) is 3.21. The number of nitrogens with zero attached hydrogens (tertiary/aromatic N) is 2. The second-order valence-electron chi connectivity index (χ2n) is 7.54. The van der Waals surface area contributed by atoms with Gasteiger partial charge in [-0.3, -0.25) is 9.59 Å². The van der Waals surface area contributed by atoms with Crippen LogP contribution >= 0.6 is 0 Å². The predicted octanol–water partition coefficient (Wildman–Crippen LogP) is 1.87. The molecule has 0 saturated carbocycles. The Morgan fingerprint density at radius 3 is 2.53 bits per heavy atom. The Balaban J connectivity index is 1.54. The van der Waals surface area contributed by atoms with Gasteiger partial charge >= 0.3 is 11.8 Å². The van der Waals surface area contributed by atoms with Gasteiger partial charge < -0.3 is 15.4 Å². The first-order chi connectivity index (χ1) is 15.3. The minimum absolute atomic E-state index is 0.153. The first kappa shape index (κ1) is 21.6. The summed E-state index contributed by atoms with van der Waals surface area (Å²) in [6.45, 7) is 2.07. The number of benzene rings is 2. The molecule has 0 saturated heterocycles.